The molecule has 1 rings (SSSR count). The summed E-state index contributed by atoms with van der Waals surface area (Å²) in [6.45, 7) is 5.11. The first-order valence-electron chi connectivity index (χ1n) is 6.32. The van der Waals surface area contributed by atoms with E-state index in [1.165, 1.54) is 18.7 Å². The maximum atomic E-state index is 12.3. The molecule has 0 aliphatic heterocycles. The molecule has 0 spiro atoms. The molecule has 20 heavy (non-hydrogen) atoms. The highest BCUT2D eigenvalue weighted by Crippen LogP contribution is 2.15. The van der Waals surface area contributed by atoms with Gasteiger partial charge in [-0.05, 0) is 26.8 Å². The van der Waals surface area contributed by atoms with E-state index in [0.29, 0.717) is 12.5 Å². The third-order valence-electron chi connectivity index (χ3n) is 3.08. The van der Waals surface area contributed by atoms with Gasteiger partial charge in [0.15, 0.2) is 0 Å². The molecule has 1 heterocycles. The summed E-state index contributed by atoms with van der Waals surface area (Å²) in [6.07, 6.45) is 3.17. The number of anilines is 1. The Kier molecular flexibility index (Phi) is 5.01. The molecule has 1 aromatic heterocycles. The summed E-state index contributed by atoms with van der Waals surface area (Å²) in [6, 6.07) is 1.69. The molecule has 1 aromatic rings. The molecule has 0 saturated carbocycles. The predicted octanol–water partition coefficient (Wildman–Crippen LogP) is 0.624. The summed E-state index contributed by atoms with van der Waals surface area (Å²) in [5, 5.41) is 9.21. The summed E-state index contributed by atoms with van der Waals surface area (Å²) in [5.41, 5.74) is -1.25. The fourth-order valence-corrected chi connectivity index (χ4v) is 1.85. The number of aliphatic carboxylic acids is 1. The molecular formula is C13H20N4O3. The first kappa shape index (κ1) is 15.9. The van der Waals surface area contributed by atoms with Crippen molar-refractivity contribution in [1.29, 1.82) is 0 Å². The Hall–Kier alpha value is -2.18. The Bertz CT molecular complexity index is 476. The molecule has 0 saturated heterocycles. The minimum absolute atomic E-state index is 0.0224. The SMILES string of the molecule is CCN(C(=O)CN(C)c1ncccn1)C(C)(C)C(=O)O. The Balaban J connectivity index is 2.81. The van der Waals surface area contributed by atoms with Gasteiger partial charge in [0, 0.05) is 26.0 Å². The van der Waals surface area contributed by atoms with Crippen LogP contribution in [0.25, 0.3) is 0 Å². The molecule has 7 nitrogen and oxygen atoms in total. The monoisotopic (exact) mass is 280 g/mol. The van der Waals surface area contributed by atoms with Gasteiger partial charge >= 0.3 is 5.97 Å². The number of hydrogen-bond donors (Lipinski definition) is 1. The molecule has 0 aliphatic rings. The lowest BCUT2D eigenvalue weighted by atomic mass is 10.0. The topological polar surface area (TPSA) is 86.6 Å². The van der Waals surface area contributed by atoms with Crippen molar-refractivity contribution in [2.24, 2.45) is 0 Å². The second-order valence-corrected chi connectivity index (χ2v) is 4.91. The van der Waals surface area contributed by atoms with Crippen molar-refractivity contribution in [3.63, 3.8) is 0 Å². The highest BCUT2D eigenvalue weighted by Gasteiger charge is 2.37. The van der Waals surface area contributed by atoms with Gasteiger partial charge in [-0.15, -0.1) is 0 Å². The lowest BCUT2D eigenvalue weighted by Crippen LogP contribution is -2.55. The number of carboxylic acid groups (broad SMARTS) is 1. The van der Waals surface area contributed by atoms with E-state index in [9.17, 15) is 14.7 Å². The van der Waals surface area contributed by atoms with E-state index in [1.807, 2.05) is 0 Å². The number of carbonyl (C=O) groups excluding carboxylic acids is 1. The van der Waals surface area contributed by atoms with Crippen molar-refractivity contribution in [3.8, 4) is 0 Å². The van der Waals surface area contributed by atoms with Gasteiger partial charge in [0.2, 0.25) is 11.9 Å². The molecule has 1 N–H and O–H groups in total. The normalized spacial score (nSPS) is 11.0. The largest absolute Gasteiger partial charge is 0.480 e. The number of amides is 1. The van der Waals surface area contributed by atoms with Gasteiger partial charge in [0.25, 0.3) is 0 Å². The number of aromatic nitrogens is 2. The van der Waals surface area contributed by atoms with Crippen molar-refractivity contribution in [2.45, 2.75) is 26.3 Å². The maximum absolute atomic E-state index is 12.3. The quantitative estimate of drug-likeness (QED) is 0.822. The predicted molar refractivity (Wildman–Crippen MR) is 74.4 cm³/mol. The fraction of sp³-hybridized carbons (Fsp3) is 0.538. The van der Waals surface area contributed by atoms with Crippen molar-refractivity contribution in [1.82, 2.24) is 14.9 Å². The van der Waals surface area contributed by atoms with Crippen LogP contribution in [0.3, 0.4) is 0 Å². The number of hydrogen-bond acceptors (Lipinski definition) is 5. The van der Waals surface area contributed by atoms with Gasteiger partial charge in [-0.2, -0.15) is 0 Å². The van der Waals surface area contributed by atoms with E-state index < -0.39 is 11.5 Å². The number of carbonyl (C=O) groups is 2. The van der Waals surface area contributed by atoms with Gasteiger partial charge in [0.05, 0.1) is 6.54 Å². The summed E-state index contributed by atoms with van der Waals surface area (Å²) < 4.78 is 0. The van der Waals surface area contributed by atoms with Crippen molar-refractivity contribution in [3.05, 3.63) is 18.5 Å². The zero-order valence-electron chi connectivity index (χ0n) is 12.2. The minimum atomic E-state index is -1.25. The van der Waals surface area contributed by atoms with Crippen LogP contribution in [0.4, 0.5) is 5.95 Å². The standard InChI is InChI=1S/C13H20N4O3/c1-5-17(13(2,3)11(19)20)10(18)9-16(4)12-14-7-6-8-15-12/h6-8H,5,9H2,1-4H3,(H,19,20). The second kappa shape index (κ2) is 6.31. The molecule has 0 aromatic carbocycles. The first-order valence-corrected chi connectivity index (χ1v) is 6.32. The Labute approximate surface area is 118 Å². The summed E-state index contributed by atoms with van der Waals surface area (Å²) in [7, 11) is 1.69. The third-order valence-corrected chi connectivity index (χ3v) is 3.08. The van der Waals surface area contributed by atoms with Crippen molar-refractivity contribution < 1.29 is 14.7 Å². The van der Waals surface area contributed by atoms with Crippen LogP contribution >= 0.6 is 0 Å². The van der Waals surface area contributed by atoms with E-state index in [-0.39, 0.29) is 12.5 Å². The maximum Gasteiger partial charge on any atom is 0.329 e. The molecule has 1 amide bonds. The Morgan fingerprint density at radius 3 is 2.30 bits per heavy atom. The van der Waals surface area contributed by atoms with Crippen LogP contribution < -0.4 is 4.90 Å². The highest BCUT2D eigenvalue weighted by molar-refractivity contribution is 5.88. The third kappa shape index (κ3) is 3.43. The number of rotatable bonds is 6. The lowest BCUT2D eigenvalue weighted by Gasteiger charge is -2.35. The number of nitrogens with zero attached hydrogens (tertiary/aromatic N) is 4. The van der Waals surface area contributed by atoms with Gasteiger partial charge in [-0.3, -0.25) is 4.79 Å². The van der Waals surface area contributed by atoms with Gasteiger partial charge in [-0.25, -0.2) is 14.8 Å². The molecule has 0 bridgehead atoms. The van der Waals surface area contributed by atoms with Gasteiger partial charge in [0.1, 0.15) is 5.54 Å². The van der Waals surface area contributed by atoms with E-state index in [2.05, 4.69) is 9.97 Å². The zero-order chi connectivity index (χ0) is 15.3. The van der Waals surface area contributed by atoms with Crippen LogP contribution in [0, 0.1) is 0 Å². The fourth-order valence-electron chi connectivity index (χ4n) is 1.85. The van der Waals surface area contributed by atoms with E-state index in [0.717, 1.165) is 0 Å². The summed E-state index contributed by atoms with van der Waals surface area (Å²) >= 11 is 0. The van der Waals surface area contributed by atoms with Gasteiger partial charge < -0.3 is 14.9 Å². The second-order valence-electron chi connectivity index (χ2n) is 4.91. The molecule has 110 valence electrons. The number of likely N-dealkylation sites (N-methyl/N-ethyl adjacent to an activating group) is 2. The van der Waals surface area contributed by atoms with Crippen LogP contribution in [0.1, 0.15) is 20.8 Å². The average Bonchev–Trinajstić information content (AvgIpc) is 2.39. The van der Waals surface area contributed by atoms with Crippen LogP contribution in [-0.4, -0.2) is 57.5 Å². The van der Waals surface area contributed by atoms with Crippen molar-refractivity contribution >= 4 is 17.8 Å². The van der Waals surface area contributed by atoms with Crippen LogP contribution in [0.15, 0.2) is 18.5 Å². The Morgan fingerprint density at radius 1 is 1.30 bits per heavy atom. The van der Waals surface area contributed by atoms with Crippen molar-refractivity contribution in [2.75, 3.05) is 25.0 Å². The molecule has 7 heteroatoms. The van der Waals surface area contributed by atoms with E-state index >= 15 is 0 Å². The smallest absolute Gasteiger partial charge is 0.329 e. The van der Waals surface area contributed by atoms with Crippen LogP contribution in [-0.2, 0) is 9.59 Å². The Morgan fingerprint density at radius 2 is 1.85 bits per heavy atom. The van der Waals surface area contributed by atoms with Crippen LogP contribution in [0.2, 0.25) is 0 Å². The first-order chi connectivity index (χ1) is 9.30. The summed E-state index contributed by atoms with van der Waals surface area (Å²) in [5.74, 6) is -0.897. The van der Waals surface area contributed by atoms with Crippen LogP contribution in [0.5, 0.6) is 0 Å². The molecule has 0 atom stereocenters. The molecule has 0 fully saturated rings. The lowest BCUT2D eigenvalue weighted by molar-refractivity contribution is -0.156. The number of carboxylic acids is 1. The molecule has 0 aliphatic carbocycles. The van der Waals surface area contributed by atoms with Gasteiger partial charge in [-0.1, -0.05) is 0 Å². The zero-order valence-corrected chi connectivity index (χ0v) is 12.2. The molecule has 0 radical (unpaired) electrons. The molecule has 0 unspecified atom stereocenters. The average molecular weight is 280 g/mol. The molecular weight excluding hydrogens is 260 g/mol. The van der Waals surface area contributed by atoms with E-state index in [4.69, 9.17) is 0 Å². The minimum Gasteiger partial charge on any atom is -0.480 e. The summed E-state index contributed by atoms with van der Waals surface area (Å²) in [4.78, 5) is 34.5. The van der Waals surface area contributed by atoms with E-state index in [1.54, 1.807) is 37.3 Å². The highest BCUT2D eigenvalue weighted by atomic mass is 16.4.